The van der Waals surface area contributed by atoms with Crippen LogP contribution in [0, 0.1) is 11.8 Å². The molecule has 2 aromatic rings. The molecule has 2 heterocycles. The second-order valence-electron chi connectivity index (χ2n) is 11.1. The summed E-state index contributed by atoms with van der Waals surface area (Å²) in [5.74, 6) is 1.88. The number of carbonyl (C=O) groups excluding carboxylic acids is 2. The Morgan fingerprint density at radius 2 is 1.89 bits per heavy atom. The van der Waals surface area contributed by atoms with Crippen LogP contribution >= 0.6 is 0 Å². The highest BCUT2D eigenvalue weighted by atomic mass is 16.5. The van der Waals surface area contributed by atoms with E-state index in [-0.39, 0.29) is 29.8 Å². The Balaban J connectivity index is 1.67. The lowest BCUT2D eigenvalue weighted by Gasteiger charge is -2.30. The molecule has 0 spiro atoms. The predicted octanol–water partition coefficient (Wildman–Crippen LogP) is 4.58. The van der Waals surface area contributed by atoms with Gasteiger partial charge in [0.1, 0.15) is 17.6 Å². The molecular weight excluding hydrogens is 458 g/mol. The summed E-state index contributed by atoms with van der Waals surface area (Å²) in [6.07, 6.45) is 4.16. The fourth-order valence-corrected chi connectivity index (χ4v) is 4.24. The summed E-state index contributed by atoms with van der Waals surface area (Å²) < 4.78 is 17.2. The molecule has 1 N–H and O–H groups in total. The van der Waals surface area contributed by atoms with Crippen LogP contribution < -0.4 is 10.1 Å². The largest absolute Gasteiger partial charge is 0.483 e. The van der Waals surface area contributed by atoms with Crippen LogP contribution in [0.3, 0.4) is 0 Å². The number of amides is 2. The predicted molar refractivity (Wildman–Crippen MR) is 138 cm³/mol. The molecule has 1 atom stereocenters. The van der Waals surface area contributed by atoms with Crippen molar-refractivity contribution in [1.29, 1.82) is 0 Å². The number of nitrogens with one attached hydrogen (secondary N) is 1. The molecule has 0 bridgehead atoms. The monoisotopic (exact) mass is 499 g/mol. The average Bonchev–Trinajstić information content (AvgIpc) is 3.32. The number of hydrogen-bond acceptors (Lipinski definition) is 6. The fourth-order valence-electron chi connectivity index (χ4n) is 4.24. The van der Waals surface area contributed by atoms with Gasteiger partial charge in [0.2, 0.25) is 11.8 Å². The standard InChI is InChI=1S/C28H41N3O5/c1-19(2)15-22(27(33)31(6)17-20-11-13-34-14-12-20)30-26(32)21-9-7-8-10-23(21)35-18-25-29-16-24(36-25)28(3,4)5/h7-10,16,19-20,22H,11-15,17-18H2,1-6H3,(H,30,32)/t22-/m1/s1. The number of hydrogen-bond donors (Lipinski definition) is 1. The Morgan fingerprint density at radius 1 is 1.19 bits per heavy atom. The van der Waals surface area contributed by atoms with Crippen LogP contribution in [0.4, 0.5) is 0 Å². The maximum Gasteiger partial charge on any atom is 0.255 e. The highest BCUT2D eigenvalue weighted by Gasteiger charge is 2.28. The van der Waals surface area contributed by atoms with Crippen molar-refractivity contribution in [2.75, 3.05) is 26.8 Å². The molecule has 2 amide bonds. The van der Waals surface area contributed by atoms with Gasteiger partial charge >= 0.3 is 0 Å². The van der Waals surface area contributed by atoms with Crippen molar-refractivity contribution in [3.05, 3.63) is 47.7 Å². The number of para-hydroxylation sites is 1. The first-order chi connectivity index (χ1) is 17.0. The van der Waals surface area contributed by atoms with E-state index < -0.39 is 6.04 Å². The van der Waals surface area contributed by atoms with Crippen LogP contribution in [-0.2, 0) is 21.6 Å². The van der Waals surface area contributed by atoms with Gasteiger partial charge < -0.3 is 24.1 Å². The van der Waals surface area contributed by atoms with Crippen molar-refractivity contribution in [1.82, 2.24) is 15.2 Å². The van der Waals surface area contributed by atoms with E-state index in [1.165, 1.54) is 0 Å². The second-order valence-corrected chi connectivity index (χ2v) is 11.1. The zero-order chi connectivity index (χ0) is 26.3. The van der Waals surface area contributed by atoms with Gasteiger partial charge in [0.25, 0.3) is 5.91 Å². The minimum atomic E-state index is -0.614. The molecule has 0 aliphatic carbocycles. The minimum Gasteiger partial charge on any atom is -0.483 e. The van der Waals surface area contributed by atoms with E-state index in [0.717, 1.165) is 31.8 Å². The van der Waals surface area contributed by atoms with Gasteiger partial charge in [-0.15, -0.1) is 0 Å². The second kappa shape index (κ2) is 12.4. The van der Waals surface area contributed by atoms with Crippen molar-refractivity contribution in [2.24, 2.45) is 11.8 Å². The van der Waals surface area contributed by atoms with Crippen molar-refractivity contribution < 1.29 is 23.5 Å². The van der Waals surface area contributed by atoms with Gasteiger partial charge in [-0.2, -0.15) is 0 Å². The minimum absolute atomic E-state index is 0.0727. The lowest BCUT2D eigenvalue weighted by molar-refractivity contribution is -0.133. The van der Waals surface area contributed by atoms with Crippen molar-refractivity contribution in [3.63, 3.8) is 0 Å². The topological polar surface area (TPSA) is 93.9 Å². The molecule has 0 radical (unpaired) electrons. The highest BCUT2D eigenvalue weighted by Crippen LogP contribution is 2.24. The van der Waals surface area contributed by atoms with E-state index >= 15 is 0 Å². The van der Waals surface area contributed by atoms with E-state index in [1.807, 2.05) is 41.7 Å². The Bertz CT molecular complexity index is 1000. The summed E-state index contributed by atoms with van der Waals surface area (Å²) in [5, 5.41) is 2.97. The van der Waals surface area contributed by atoms with Crippen LogP contribution in [0.15, 0.2) is 34.9 Å². The van der Waals surface area contributed by atoms with Crippen LogP contribution in [0.25, 0.3) is 0 Å². The van der Waals surface area contributed by atoms with Crippen LogP contribution in [-0.4, -0.2) is 54.5 Å². The quantitative estimate of drug-likeness (QED) is 0.514. The smallest absolute Gasteiger partial charge is 0.255 e. The number of carbonyl (C=O) groups is 2. The Hall–Kier alpha value is -2.87. The van der Waals surface area contributed by atoms with Gasteiger partial charge in [0, 0.05) is 32.2 Å². The van der Waals surface area contributed by atoms with Gasteiger partial charge in [-0.1, -0.05) is 46.8 Å². The first kappa shape index (κ1) is 27.7. The third-order valence-corrected chi connectivity index (χ3v) is 6.34. The summed E-state index contributed by atoms with van der Waals surface area (Å²) >= 11 is 0. The normalized spacial score (nSPS) is 15.5. The van der Waals surface area contributed by atoms with E-state index in [9.17, 15) is 9.59 Å². The average molecular weight is 500 g/mol. The molecule has 36 heavy (non-hydrogen) atoms. The number of likely N-dealkylation sites (N-methyl/N-ethyl adjacent to an activating group) is 1. The highest BCUT2D eigenvalue weighted by molar-refractivity contribution is 5.99. The van der Waals surface area contributed by atoms with Gasteiger partial charge in [-0.25, -0.2) is 4.98 Å². The number of ether oxygens (including phenoxy) is 2. The summed E-state index contributed by atoms with van der Waals surface area (Å²) in [6, 6.07) is 6.40. The lowest BCUT2D eigenvalue weighted by Crippen LogP contribution is -2.49. The maximum atomic E-state index is 13.3. The molecule has 1 aliphatic rings. The molecule has 0 unspecified atom stereocenters. The van der Waals surface area contributed by atoms with E-state index in [4.69, 9.17) is 13.9 Å². The van der Waals surface area contributed by atoms with Gasteiger partial charge in [-0.05, 0) is 43.2 Å². The number of oxazole rings is 1. The van der Waals surface area contributed by atoms with E-state index in [2.05, 4.69) is 10.3 Å². The molecule has 8 heteroatoms. The third kappa shape index (κ3) is 7.82. The van der Waals surface area contributed by atoms with E-state index in [0.29, 0.717) is 36.1 Å². The van der Waals surface area contributed by atoms with Crippen molar-refractivity contribution in [3.8, 4) is 5.75 Å². The summed E-state index contributed by atoms with van der Waals surface area (Å²) in [6.45, 7) is 12.5. The van der Waals surface area contributed by atoms with Crippen molar-refractivity contribution >= 4 is 11.8 Å². The van der Waals surface area contributed by atoms with Crippen LogP contribution in [0.1, 0.15) is 75.9 Å². The number of benzene rings is 1. The fraction of sp³-hybridized carbons (Fsp3) is 0.607. The number of nitrogens with zero attached hydrogens (tertiary/aromatic N) is 2. The van der Waals surface area contributed by atoms with E-state index in [1.54, 1.807) is 35.4 Å². The Morgan fingerprint density at radius 3 is 2.53 bits per heavy atom. The molecule has 1 aliphatic heterocycles. The number of rotatable bonds is 10. The zero-order valence-electron chi connectivity index (χ0n) is 22.5. The Labute approximate surface area is 214 Å². The molecular formula is C28H41N3O5. The molecule has 1 saturated heterocycles. The van der Waals surface area contributed by atoms with Crippen LogP contribution in [0.2, 0.25) is 0 Å². The summed E-state index contributed by atoms with van der Waals surface area (Å²) in [5.41, 5.74) is 0.215. The molecule has 8 nitrogen and oxygen atoms in total. The summed E-state index contributed by atoms with van der Waals surface area (Å²) in [4.78, 5) is 32.7. The van der Waals surface area contributed by atoms with Crippen molar-refractivity contribution in [2.45, 2.75) is 71.9 Å². The van der Waals surface area contributed by atoms with Crippen LogP contribution in [0.5, 0.6) is 5.75 Å². The molecule has 198 valence electrons. The zero-order valence-corrected chi connectivity index (χ0v) is 22.5. The molecule has 0 saturated carbocycles. The molecule has 1 fully saturated rings. The number of aromatic nitrogens is 1. The lowest BCUT2D eigenvalue weighted by atomic mass is 9.94. The SMILES string of the molecule is CC(C)C[C@@H](NC(=O)c1ccccc1OCc1ncc(C(C)(C)C)o1)C(=O)N(C)CC1CCOCC1. The van der Waals surface area contributed by atoms with Gasteiger partial charge in [0.05, 0.1) is 11.8 Å². The Kier molecular flexibility index (Phi) is 9.54. The molecule has 1 aromatic carbocycles. The molecule has 3 rings (SSSR count). The van der Waals surface area contributed by atoms with Gasteiger partial charge in [-0.3, -0.25) is 9.59 Å². The summed E-state index contributed by atoms with van der Waals surface area (Å²) in [7, 11) is 1.82. The first-order valence-electron chi connectivity index (χ1n) is 12.8. The maximum absolute atomic E-state index is 13.3. The first-order valence-corrected chi connectivity index (χ1v) is 12.8. The molecule has 1 aromatic heterocycles. The van der Waals surface area contributed by atoms with Gasteiger partial charge in [0.15, 0.2) is 6.61 Å². The third-order valence-electron chi connectivity index (χ3n) is 6.34.